The number of fused-ring (bicyclic) bond motifs is 2. The molecule has 0 bridgehead atoms. The predicted molar refractivity (Wildman–Crippen MR) is 161 cm³/mol. The van der Waals surface area contributed by atoms with Gasteiger partial charge in [-0.05, 0) is 55.7 Å². The SMILES string of the molecule is C=CN1/C(=N\C)COc2ccc(CNC(=O)c3cc(C(=O)NCC4(C)CCC(C)(C(=O)OC)CC4)n4nccc4n3)cc21. The average molecular weight is 588 g/mol. The Morgan fingerprint density at radius 2 is 1.88 bits per heavy atom. The zero-order valence-electron chi connectivity index (χ0n) is 25.0. The lowest BCUT2D eigenvalue weighted by molar-refractivity contribution is -0.155. The van der Waals surface area contributed by atoms with Gasteiger partial charge in [-0.3, -0.25) is 24.3 Å². The normalized spacial score (nSPS) is 22.4. The summed E-state index contributed by atoms with van der Waals surface area (Å²) in [6.07, 6.45) is 6.12. The van der Waals surface area contributed by atoms with Crippen molar-refractivity contribution < 1.29 is 23.9 Å². The highest BCUT2D eigenvalue weighted by Gasteiger charge is 2.43. The van der Waals surface area contributed by atoms with Crippen LogP contribution in [-0.4, -0.2) is 65.5 Å². The van der Waals surface area contributed by atoms with Crippen LogP contribution in [0.4, 0.5) is 5.69 Å². The fourth-order valence-corrected chi connectivity index (χ4v) is 5.59. The molecule has 1 aliphatic carbocycles. The van der Waals surface area contributed by atoms with E-state index in [-0.39, 0.29) is 35.2 Å². The van der Waals surface area contributed by atoms with E-state index in [1.807, 2.05) is 30.0 Å². The summed E-state index contributed by atoms with van der Waals surface area (Å²) in [4.78, 5) is 49.4. The van der Waals surface area contributed by atoms with Crippen LogP contribution in [0.1, 0.15) is 66.1 Å². The van der Waals surface area contributed by atoms with E-state index in [1.165, 1.54) is 23.9 Å². The second kappa shape index (κ2) is 11.9. The Balaban J connectivity index is 1.27. The summed E-state index contributed by atoms with van der Waals surface area (Å²) in [5, 5.41) is 10.2. The Morgan fingerprint density at radius 1 is 1.12 bits per heavy atom. The van der Waals surface area contributed by atoms with Crippen LogP contribution in [0.25, 0.3) is 5.65 Å². The van der Waals surface area contributed by atoms with Crippen LogP contribution in [0, 0.1) is 10.8 Å². The first-order chi connectivity index (χ1) is 20.6. The maximum Gasteiger partial charge on any atom is 0.311 e. The fraction of sp³-hybridized carbons (Fsp3) is 0.419. The number of ether oxygens (including phenoxy) is 2. The van der Waals surface area contributed by atoms with Gasteiger partial charge in [0.25, 0.3) is 11.8 Å². The minimum atomic E-state index is -0.503. The van der Waals surface area contributed by atoms with E-state index >= 15 is 0 Å². The molecular formula is C31H37N7O5. The van der Waals surface area contributed by atoms with Crippen LogP contribution in [-0.2, 0) is 16.1 Å². The van der Waals surface area contributed by atoms with Crippen LogP contribution >= 0.6 is 0 Å². The number of rotatable bonds is 8. The van der Waals surface area contributed by atoms with Crippen molar-refractivity contribution in [1.29, 1.82) is 0 Å². The van der Waals surface area contributed by atoms with Crippen LogP contribution in [0.3, 0.4) is 0 Å². The first kappa shape index (κ1) is 29.7. The Bertz CT molecular complexity index is 1600. The summed E-state index contributed by atoms with van der Waals surface area (Å²) in [5.74, 6) is 0.446. The number of hydrogen-bond acceptors (Lipinski definition) is 8. The molecule has 1 aromatic carbocycles. The molecule has 226 valence electrons. The van der Waals surface area contributed by atoms with Gasteiger partial charge in [-0.15, -0.1) is 0 Å². The molecule has 1 fully saturated rings. The molecule has 0 atom stereocenters. The Labute approximate surface area is 250 Å². The summed E-state index contributed by atoms with van der Waals surface area (Å²) in [5.41, 5.74) is 1.64. The maximum absolute atomic E-state index is 13.4. The second-order valence-corrected chi connectivity index (χ2v) is 11.6. The van der Waals surface area contributed by atoms with E-state index in [0.717, 1.165) is 29.9 Å². The van der Waals surface area contributed by atoms with Crippen molar-refractivity contribution in [2.24, 2.45) is 15.8 Å². The second-order valence-electron chi connectivity index (χ2n) is 11.6. The number of carbonyl (C=O) groups is 3. The van der Waals surface area contributed by atoms with Crippen molar-refractivity contribution in [2.45, 2.75) is 46.1 Å². The molecule has 2 aliphatic rings. The predicted octanol–water partition coefficient (Wildman–Crippen LogP) is 3.52. The highest BCUT2D eigenvalue weighted by Crippen LogP contribution is 2.45. The van der Waals surface area contributed by atoms with E-state index < -0.39 is 11.3 Å². The van der Waals surface area contributed by atoms with Gasteiger partial charge in [0.2, 0.25) is 0 Å². The van der Waals surface area contributed by atoms with Crippen molar-refractivity contribution in [2.75, 3.05) is 32.2 Å². The molecule has 43 heavy (non-hydrogen) atoms. The number of aliphatic imine (C=N–C) groups is 1. The number of amides is 2. The topological polar surface area (TPSA) is 140 Å². The lowest BCUT2D eigenvalue weighted by atomic mass is 9.65. The summed E-state index contributed by atoms with van der Waals surface area (Å²) in [6.45, 7) is 8.92. The van der Waals surface area contributed by atoms with Gasteiger partial charge in [-0.2, -0.15) is 5.10 Å². The van der Waals surface area contributed by atoms with Gasteiger partial charge in [-0.25, -0.2) is 9.50 Å². The first-order valence-corrected chi connectivity index (χ1v) is 14.2. The Hall–Kier alpha value is -4.74. The van der Waals surface area contributed by atoms with Gasteiger partial charge in [0.15, 0.2) is 5.65 Å². The third-order valence-corrected chi connectivity index (χ3v) is 8.55. The van der Waals surface area contributed by atoms with Crippen LogP contribution in [0.2, 0.25) is 0 Å². The number of amidine groups is 1. The molecule has 2 amide bonds. The zero-order chi connectivity index (χ0) is 30.8. The highest BCUT2D eigenvalue weighted by atomic mass is 16.5. The van der Waals surface area contributed by atoms with E-state index in [9.17, 15) is 14.4 Å². The molecule has 1 aliphatic heterocycles. The van der Waals surface area contributed by atoms with Crippen molar-refractivity contribution in [1.82, 2.24) is 25.2 Å². The number of hydrogen-bond donors (Lipinski definition) is 2. The quantitative estimate of drug-likeness (QED) is 0.382. The molecule has 0 saturated heterocycles. The van der Waals surface area contributed by atoms with Gasteiger partial charge >= 0.3 is 5.97 Å². The third-order valence-electron chi connectivity index (χ3n) is 8.55. The van der Waals surface area contributed by atoms with Crippen LogP contribution in [0.15, 0.2) is 54.3 Å². The van der Waals surface area contributed by atoms with Crippen molar-refractivity contribution in [3.63, 3.8) is 0 Å². The van der Waals surface area contributed by atoms with Gasteiger partial charge in [0.1, 0.15) is 29.6 Å². The number of aromatic nitrogens is 3. The minimum Gasteiger partial charge on any atom is -0.483 e. The first-order valence-electron chi connectivity index (χ1n) is 14.2. The van der Waals surface area contributed by atoms with Crippen molar-refractivity contribution >= 4 is 35.0 Å². The molecule has 12 heteroatoms. The molecule has 5 rings (SSSR count). The van der Waals surface area contributed by atoms with E-state index in [2.05, 4.69) is 39.2 Å². The van der Waals surface area contributed by atoms with Crippen LogP contribution in [0.5, 0.6) is 5.75 Å². The Morgan fingerprint density at radius 3 is 2.58 bits per heavy atom. The molecule has 12 nitrogen and oxygen atoms in total. The third kappa shape index (κ3) is 5.95. The van der Waals surface area contributed by atoms with Gasteiger partial charge in [0.05, 0.1) is 24.4 Å². The Kier molecular flexibility index (Phi) is 8.21. The molecule has 3 heterocycles. The fourth-order valence-electron chi connectivity index (χ4n) is 5.59. The molecule has 2 aromatic heterocycles. The number of methoxy groups -OCH3 is 1. The molecule has 0 spiro atoms. The number of nitrogens with zero attached hydrogens (tertiary/aromatic N) is 5. The number of nitrogens with one attached hydrogen (secondary N) is 2. The van der Waals surface area contributed by atoms with E-state index in [1.54, 1.807) is 19.3 Å². The van der Waals surface area contributed by atoms with Gasteiger partial charge in [-0.1, -0.05) is 19.6 Å². The van der Waals surface area contributed by atoms with E-state index in [4.69, 9.17) is 9.47 Å². The molecule has 3 aromatic rings. The summed E-state index contributed by atoms with van der Waals surface area (Å²) in [6, 6.07) is 8.73. The standard InChI is InChI=1S/C31H37N7O5/c1-6-37-22-15-20(7-8-24(22)43-18-26(37)32-4)17-33-27(39)21-16-23(38-25(36-21)9-14-35-38)28(40)34-19-30(2)10-12-31(3,13-11-30)29(41)42-5/h6-9,14-16H,1,10-13,17-19H2,2-5H3,(H,33,39)(H,34,40)/b32-26-. The van der Waals surface area contributed by atoms with Gasteiger partial charge < -0.3 is 20.1 Å². The summed E-state index contributed by atoms with van der Waals surface area (Å²) in [7, 11) is 3.11. The smallest absolute Gasteiger partial charge is 0.311 e. The lowest BCUT2D eigenvalue weighted by Gasteiger charge is -2.41. The van der Waals surface area contributed by atoms with Crippen LogP contribution < -0.4 is 20.3 Å². The lowest BCUT2D eigenvalue weighted by Crippen LogP contribution is -2.43. The molecular weight excluding hydrogens is 550 g/mol. The minimum absolute atomic E-state index is 0.102. The van der Waals surface area contributed by atoms with Crippen molar-refractivity contribution in [3.05, 3.63) is 66.3 Å². The zero-order valence-corrected chi connectivity index (χ0v) is 25.0. The molecule has 0 unspecified atom stereocenters. The molecule has 0 radical (unpaired) electrons. The maximum atomic E-state index is 13.4. The summed E-state index contributed by atoms with van der Waals surface area (Å²) >= 11 is 0. The number of anilines is 1. The molecule has 2 N–H and O–H groups in total. The van der Waals surface area contributed by atoms with Crippen molar-refractivity contribution in [3.8, 4) is 5.75 Å². The van der Waals surface area contributed by atoms with Gasteiger partial charge in [0, 0.05) is 38.5 Å². The highest BCUT2D eigenvalue weighted by molar-refractivity contribution is 6.03. The number of carbonyl (C=O) groups excluding carboxylic acids is 3. The van der Waals surface area contributed by atoms with E-state index in [0.29, 0.717) is 37.4 Å². The number of benzene rings is 1. The molecule has 1 saturated carbocycles. The monoisotopic (exact) mass is 587 g/mol. The largest absolute Gasteiger partial charge is 0.483 e. The number of esters is 1. The average Bonchev–Trinajstić information content (AvgIpc) is 3.51. The summed E-state index contributed by atoms with van der Waals surface area (Å²) < 4.78 is 12.2.